The number of anilines is 2. The van der Waals surface area contributed by atoms with Gasteiger partial charge >= 0.3 is 0 Å². The Morgan fingerprint density at radius 1 is 1.44 bits per heavy atom. The van der Waals surface area contributed by atoms with E-state index in [0.29, 0.717) is 12.0 Å². The fraction of sp³-hybridized carbons (Fsp3) is 0.667. The van der Waals surface area contributed by atoms with E-state index < -0.39 is 0 Å². The van der Waals surface area contributed by atoms with E-state index in [2.05, 4.69) is 56.6 Å². The summed E-state index contributed by atoms with van der Waals surface area (Å²) in [6, 6.07) is 0.435. The summed E-state index contributed by atoms with van der Waals surface area (Å²) in [4.78, 5) is 8.73. The summed E-state index contributed by atoms with van der Waals surface area (Å²) in [5.74, 6) is 2.62. The zero-order chi connectivity index (χ0) is 13.4. The molecule has 0 radical (unpaired) electrons. The molecule has 1 unspecified atom stereocenters. The summed E-state index contributed by atoms with van der Waals surface area (Å²) in [6.07, 6.45) is 6.05. The highest BCUT2D eigenvalue weighted by Crippen LogP contribution is 2.22. The minimum atomic E-state index is 0.435. The third-order valence-corrected chi connectivity index (χ3v) is 3.79. The van der Waals surface area contributed by atoms with Gasteiger partial charge in [0.1, 0.15) is 5.82 Å². The van der Waals surface area contributed by atoms with Gasteiger partial charge in [0.25, 0.3) is 0 Å². The van der Waals surface area contributed by atoms with Crippen LogP contribution in [0, 0.1) is 0 Å². The minimum Gasteiger partial charge on any atom is -0.365 e. The summed E-state index contributed by atoms with van der Waals surface area (Å²) < 4.78 is 0.907. The molecule has 0 bridgehead atoms. The van der Waals surface area contributed by atoms with Crippen LogP contribution in [0.1, 0.15) is 26.7 Å². The average Bonchev–Trinajstić information content (AvgIpc) is 2.38. The molecule has 0 fully saturated rings. The summed E-state index contributed by atoms with van der Waals surface area (Å²) in [5, 5.41) is 6.65. The van der Waals surface area contributed by atoms with Gasteiger partial charge in [0, 0.05) is 24.5 Å². The molecular formula is C12H21BrN4S. The standard InChI is InChI=1S/C12H21BrN4S/c1-4-6-14-12-15-7-10(13)11(17-12)16-9(5-2)8-18-3/h7,9H,4-6,8H2,1-3H3,(H2,14,15,16,17). The predicted molar refractivity (Wildman–Crippen MR) is 84.6 cm³/mol. The van der Waals surface area contributed by atoms with Crippen LogP contribution in [0.3, 0.4) is 0 Å². The summed E-state index contributed by atoms with van der Waals surface area (Å²) in [7, 11) is 0. The number of thioether (sulfide) groups is 1. The fourth-order valence-electron chi connectivity index (χ4n) is 1.45. The molecule has 102 valence electrons. The van der Waals surface area contributed by atoms with E-state index in [1.807, 2.05) is 11.8 Å². The van der Waals surface area contributed by atoms with Gasteiger partial charge in [0.2, 0.25) is 5.95 Å². The first-order valence-corrected chi connectivity index (χ1v) is 8.41. The molecule has 1 aromatic heterocycles. The van der Waals surface area contributed by atoms with E-state index in [9.17, 15) is 0 Å². The quantitative estimate of drug-likeness (QED) is 0.761. The van der Waals surface area contributed by atoms with Crippen molar-refractivity contribution < 1.29 is 0 Å². The van der Waals surface area contributed by atoms with Gasteiger partial charge in [0.15, 0.2) is 0 Å². The zero-order valence-corrected chi connectivity index (χ0v) is 13.6. The topological polar surface area (TPSA) is 49.8 Å². The molecule has 18 heavy (non-hydrogen) atoms. The molecule has 0 saturated heterocycles. The van der Waals surface area contributed by atoms with Crippen molar-refractivity contribution >= 4 is 39.5 Å². The van der Waals surface area contributed by atoms with Crippen molar-refractivity contribution in [1.82, 2.24) is 9.97 Å². The van der Waals surface area contributed by atoms with E-state index in [1.165, 1.54) is 0 Å². The number of rotatable bonds is 8. The van der Waals surface area contributed by atoms with Crippen LogP contribution in [0.2, 0.25) is 0 Å². The van der Waals surface area contributed by atoms with E-state index in [1.54, 1.807) is 6.20 Å². The molecule has 0 aromatic carbocycles. The van der Waals surface area contributed by atoms with Crippen LogP contribution in [0.4, 0.5) is 11.8 Å². The van der Waals surface area contributed by atoms with E-state index in [-0.39, 0.29) is 0 Å². The van der Waals surface area contributed by atoms with Crippen LogP contribution < -0.4 is 10.6 Å². The Labute approximate surface area is 122 Å². The Balaban J connectivity index is 2.73. The van der Waals surface area contributed by atoms with Crippen molar-refractivity contribution in [2.75, 3.05) is 29.2 Å². The molecule has 0 aliphatic carbocycles. The Morgan fingerprint density at radius 2 is 2.22 bits per heavy atom. The number of hydrogen-bond donors (Lipinski definition) is 2. The fourth-order valence-corrected chi connectivity index (χ4v) is 2.47. The van der Waals surface area contributed by atoms with Crippen molar-refractivity contribution in [3.8, 4) is 0 Å². The van der Waals surface area contributed by atoms with E-state index >= 15 is 0 Å². The summed E-state index contributed by atoms with van der Waals surface area (Å²) in [6.45, 7) is 5.19. The molecule has 0 saturated carbocycles. The maximum atomic E-state index is 4.49. The molecule has 0 aliphatic heterocycles. The van der Waals surface area contributed by atoms with E-state index in [4.69, 9.17) is 0 Å². The highest BCUT2D eigenvalue weighted by Gasteiger charge is 2.10. The molecular weight excluding hydrogens is 312 g/mol. The summed E-state index contributed by atoms with van der Waals surface area (Å²) >= 11 is 5.33. The third-order valence-electron chi connectivity index (χ3n) is 2.48. The molecule has 1 heterocycles. The van der Waals surface area contributed by atoms with E-state index in [0.717, 1.165) is 35.4 Å². The van der Waals surface area contributed by atoms with Crippen LogP contribution in [0.5, 0.6) is 0 Å². The van der Waals surface area contributed by atoms with Gasteiger partial charge in [-0.3, -0.25) is 0 Å². The summed E-state index contributed by atoms with van der Waals surface area (Å²) in [5.41, 5.74) is 0. The second-order valence-electron chi connectivity index (χ2n) is 4.02. The lowest BCUT2D eigenvalue weighted by atomic mass is 10.2. The Hall–Kier alpha value is -0.490. The first kappa shape index (κ1) is 15.6. The Kier molecular flexibility index (Phi) is 7.42. The van der Waals surface area contributed by atoms with Crippen LogP contribution >= 0.6 is 27.7 Å². The van der Waals surface area contributed by atoms with Gasteiger partial charge in [-0.2, -0.15) is 16.7 Å². The van der Waals surface area contributed by atoms with Crippen molar-refractivity contribution in [3.05, 3.63) is 10.7 Å². The smallest absolute Gasteiger partial charge is 0.224 e. The second kappa shape index (κ2) is 8.58. The number of nitrogens with zero attached hydrogens (tertiary/aromatic N) is 2. The molecule has 4 nitrogen and oxygen atoms in total. The highest BCUT2D eigenvalue weighted by molar-refractivity contribution is 9.10. The van der Waals surface area contributed by atoms with Gasteiger partial charge < -0.3 is 10.6 Å². The molecule has 1 rings (SSSR count). The predicted octanol–water partition coefficient (Wildman–Crippen LogP) is 3.61. The monoisotopic (exact) mass is 332 g/mol. The lowest BCUT2D eigenvalue weighted by Gasteiger charge is -2.17. The second-order valence-corrected chi connectivity index (χ2v) is 5.79. The Bertz CT molecular complexity index is 362. The number of aromatic nitrogens is 2. The van der Waals surface area contributed by atoms with Gasteiger partial charge in [-0.15, -0.1) is 0 Å². The van der Waals surface area contributed by atoms with Crippen LogP contribution in [-0.2, 0) is 0 Å². The van der Waals surface area contributed by atoms with Gasteiger partial charge in [-0.05, 0) is 35.0 Å². The first-order chi connectivity index (χ1) is 8.71. The molecule has 6 heteroatoms. The molecule has 0 amide bonds. The minimum absolute atomic E-state index is 0.435. The number of nitrogens with one attached hydrogen (secondary N) is 2. The average molecular weight is 333 g/mol. The molecule has 1 atom stereocenters. The molecule has 2 N–H and O–H groups in total. The third kappa shape index (κ3) is 5.02. The Morgan fingerprint density at radius 3 is 2.83 bits per heavy atom. The number of hydrogen-bond acceptors (Lipinski definition) is 5. The normalized spacial score (nSPS) is 12.2. The van der Waals surface area contributed by atoms with Crippen molar-refractivity contribution in [2.24, 2.45) is 0 Å². The molecule has 0 aliphatic rings. The molecule has 0 spiro atoms. The SMILES string of the molecule is CCCNc1ncc(Br)c(NC(CC)CSC)n1. The maximum absolute atomic E-state index is 4.49. The lowest BCUT2D eigenvalue weighted by Crippen LogP contribution is -2.22. The lowest BCUT2D eigenvalue weighted by molar-refractivity contribution is 0.768. The van der Waals surface area contributed by atoms with Gasteiger partial charge in [-0.25, -0.2) is 4.98 Å². The maximum Gasteiger partial charge on any atom is 0.224 e. The number of halogens is 1. The van der Waals surface area contributed by atoms with Gasteiger partial charge in [-0.1, -0.05) is 13.8 Å². The van der Waals surface area contributed by atoms with Crippen molar-refractivity contribution in [3.63, 3.8) is 0 Å². The van der Waals surface area contributed by atoms with Gasteiger partial charge in [0.05, 0.1) is 4.47 Å². The van der Waals surface area contributed by atoms with Crippen LogP contribution in [-0.4, -0.2) is 34.6 Å². The largest absolute Gasteiger partial charge is 0.365 e. The van der Waals surface area contributed by atoms with Crippen molar-refractivity contribution in [2.45, 2.75) is 32.7 Å². The first-order valence-electron chi connectivity index (χ1n) is 6.23. The highest BCUT2D eigenvalue weighted by atomic mass is 79.9. The van der Waals surface area contributed by atoms with Crippen LogP contribution in [0.25, 0.3) is 0 Å². The molecule has 1 aromatic rings. The van der Waals surface area contributed by atoms with Crippen molar-refractivity contribution in [1.29, 1.82) is 0 Å². The van der Waals surface area contributed by atoms with Crippen LogP contribution in [0.15, 0.2) is 10.7 Å². The zero-order valence-electron chi connectivity index (χ0n) is 11.2.